The van der Waals surface area contributed by atoms with Gasteiger partial charge in [-0.1, -0.05) is 49.6 Å². The molecule has 0 unspecified atom stereocenters. The highest BCUT2D eigenvalue weighted by molar-refractivity contribution is 5.77. The number of carbonyl (C=O) groups excluding carboxylic acids is 1. The molecule has 3 nitrogen and oxygen atoms in total. The van der Waals surface area contributed by atoms with E-state index in [2.05, 4.69) is 0 Å². The molecular formula is C16H22O3. The van der Waals surface area contributed by atoms with E-state index in [1.165, 1.54) is 13.5 Å². The molecular weight excluding hydrogens is 240 g/mol. The molecule has 0 bridgehead atoms. The van der Waals surface area contributed by atoms with Crippen LogP contribution < -0.4 is 0 Å². The SMILES string of the molecule is COC(=O)C1(COCc2ccccc2)CCCCC1. The molecule has 0 amide bonds. The second-order valence-corrected chi connectivity index (χ2v) is 5.31. The van der Waals surface area contributed by atoms with E-state index in [-0.39, 0.29) is 5.97 Å². The molecule has 0 heterocycles. The van der Waals surface area contributed by atoms with Crippen LogP contribution in [-0.2, 0) is 20.9 Å². The predicted molar refractivity (Wildman–Crippen MR) is 73.6 cm³/mol. The average molecular weight is 262 g/mol. The molecule has 0 spiro atoms. The van der Waals surface area contributed by atoms with Crippen molar-refractivity contribution in [3.05, 3.63) is 35.9 Å². The molecule has 2 rings (SSSR count). The molecule has 1 aliphatic rings. The lowest BCUT2D eigenvalue weighted by atomic mass is 9.74. The average Bonchev–Trinajstić information content (AvgIpc) is 2.48. The third-order valence-corrected chi connectivity index (χ3v) is 3.92. The van der Waals surface area contributed by atoms with Crippen molar-refractivity contribution in [2.45, 2.75) is 38.7 Å². The minimum absolute atomic E-state index is 0.111. The van der Waals surface area contributed by atoms with E-state index in [9.17, 15) is 4.79 Å². The maximum atomic E-state index is 12.0. The summed E-state index contributed by atoms with van der Waals surface area (Å²) in [4.78, 5) is 12.0. The van der Waals surface area contributed by atoms with Gasteiger partial charge >= 0.3 is 5.97 Å². The molecule has 0 N–H and O–H groups in total. The van der Waals surface area contributed by atoms with Crippen LogP contribution in [0.1, 0.15) is 37.7 Å². The zero-order valence-corrected chi connectivity index (χ0v) is 11.6. The second-order valence-electron chi connectivity index (χ2n) is 5.31. The van der Waals surface area contributed by atoms with Crippen molar-refractivity contribution in [3.8, 4) is 0 Å². The number of carbonyl (C=O) groups is 1. The van der Waals surface area contributed by atoms with Crippen LogP contribution in [0.25, 0.3) is 0 Å². The third kappa shape index (κ3) is 3.57. The van der Waals surface area contributed by atoms with Crippen molar-refractivity contribution < 1.29 is 14.3 Å². The van der Waals surface area contributed by atoms with Crippen LogP contribution in [0.4, 0.5) is 0 Å². The van der Waals surface area contributed by atoms with Gasteiger partial charge < -0.3 is 9.47 Å². The fourth-order valence-electron chi connectivity index (χ4n) is 2.79. The number of benzene rings is 1. The zero-order chi connectivity index (χ0) is 13.6. The Kier molecular flexibility index (Phi) is 4.97. The maximum absolute atomic E-state index is 12.0. The van der Waals surface area contributed by atoms with E-state index in [0.717, 1.165) is 31.2 Å². The van der Waals surface area contributed by atoms with Crippen LogP contribution in [0.2, 0.25) is 0 Å². The summed E-state index contributed by atoms with van der Waals surface area (Å²) in [6, 6.07) is 10.0. The highest BCUT2D eigenvalue weighted by atomic mass is 16.5. The van der Waals surface area contributed by atoms with Crippen molar-refractivity contribution in [2.75, 3.05) is 13.7 Å². The molecule has 19 heavy (non-hydrogen) atoms. The Balaban J connectivity index is 1.91. The van der Waals surface area contributed by atoms with Crippen molar-refractivity contribution in [1.29, 1.82) is 0 Å². The van der Waals surface area contributed by atoms with Gasteiger partial charge in [0.2, 0.25) is 0 Å². The van der Waals surface area contributed by atoms with Gasteiger partial charge in [0.15, 0.2) is 0 Å². The Bertz CT molecular complexity index is 394. The molecule has 0 radical (unpaired) electrons. The van der Waals surface area contributed by atoms with Crippen molar-refractivity contribution in [1.82, 2.24) is 0 Å². The van der Waals surface area contributed by atoms with Crippen LogP contribution in [0.3, 0.4) is 0 Å². The largest absolute Gasteiger partial charge is 0.469 e. The Morgan fingerprint density at radius 2 is 1.84 bits per heavy atom. The summed E-state index contributed by atoms with van der Waals surface area (Å²) < 4.78 is 10.8. The third-order valence-electron chi connectivity index (χ3n) is 3.92. The van der Waals surface area contributed by atoms with E-state index in [4.69, 9.17) is 9.47 Å². The summed E-state index contributed by atoms with van der Waals surface area (Å²) in [6.45, 7) is 1.02. The molecule has 0 saturated heterocycles. The first-order valence-electron chi connectivity index (χ1n) is 6.97. The van der Waals surface area contributed by atoms with Gasteiger partial charge in [-0.3, -0.25) is 4.79 Å². The van der Waals surface area contributed by atoms with E-state index in [0.29, 0.717) is 13.2 Å². The summed E-state index contributed by atoms with van der Waals surface area (Å²) in [6.07, 6.45) is 5.15. The number of rotatable bonds is 5. The summed E-state index contributed by atoms with van der Waals surface area (Å²) >= 11 is 0. The number of hydrogen-bond acceptors (Lipinski definition) is 3. The fraction of sp³-hybridized carbons (Fsp3) is 0.562. The van der Waals surface area contributed by atoms with E-state index in [1.807, 2.05) is 30.3 Å². The lowest BCUT2D eigenvalue weighted by Crippen LogP contribution is -2.38. The topological polar surface area (TPSA) is 35.5 Å². The minimum Gasteiger partial charge on any atom is -0.469 e. The monoisotopic (exact) mass is 262 g/mol. The summed E-state index contributed by atoms with van der Waals surface area (Å²) in [5.41, 5.74) is 0.722. The quantitative estimate of drug-likeness (QED) is 0.764. The number of esters is 1. The summed E-state index contributed by atoms with van der Waals surface area (Å²) in [7, 11) is 1.47. The normalized spacial score (nSPS) is 17.9. The van der Waals surface area contributed by atoms with Crippen molar-refractivity contribution in [2.24, 2.45) is 5.41 Å². The standard InChI is InChI=1S/C16H22O3/c1-18-15(17)16(10-6-3-7-11-16)13-19-12-14-8-4-2-5-9-14/h2,4-5,8-9H,3,6-7,10-13H2,1H3. The fourth-order valence-corrected chi connectivity index (χ4v) is 2.79. The van der Waals surface area contributed by atoms with Gasteiger partial charge in [-0.05, 0) is 18.4 Å². The minimum atomic E-state index is -0.415. The molecule has 3 heteroatoms. The Labute approximate surface area is 114 Å². The van der Waals surface area contributed by atoms with Crippen LogP contribution in [0.15, 0.2) is 30.3 Å². The van der Waals surface area contributed by atoms with Gasteiger partial charge in [0, 0.05) is 0 Å². The van der Waals surface area contributed by atoms with E-state index in [1.54, 1.807) is 0 Å². The summed E-state index contributed by atoms with van der Waals surface area (Å²) in [5.74, 6) is -0.111. The van der Waals surface area contributed by atoms with Crippen molar-refractivity contribution >= 4 is 5.97 Å². The van der Waals surface area contributed by atoms with Gasteiger partial charge in [0.1, 0.15) is 0 Å². The molecule has 1 aromatic rings. The van der Waals surface area contributed by atoms with Crippen molar-refractivity contribution in [3.63, 3.8) is 0 Å². The molecule has 1 saturated carbocycles. The van der Waals surface area contributed by atoms with Crippen LogP contribution in [0.5, 0.6) is 0 Å². The van der Waals surface area contributed by atoms with Gasteiger partial charge in [0.25, 0.3) is 0 Å². The molecule has 0 aromatic heterocycles. The van der Waals surface area contributed by atoms with Gasteiger partial charge in [-0.2, -0.15) is 0 Å². The molecule has 0 aliphatic heterocycles. The Hall–Kier alpha value is -1.35. The lowest BCUT2D eigenvalue weighted by Gasteiger charge is -2.34. The van der Waals surface area contributed by atoms with Gasteiger partial charge in [-0.25, -0.2) is 0 Å². The Morgan fingerprint density at radius 3 is 2.47 bits per heavy atom. The van der Waals surface area contributed by atoms with Gasteiger partial charge in [0.05, 0.1) is 25.7 Å². The maximum Gasteiger partial charge on any atom is 0.314 e. The van der Waals surface area contributed by atoms with Gasteiger partial charge in [-0.15, -0.1) is 0 Å². The highest BCUT2D eigenvalue weighted by Gasteiger charge is 2.40. The summed E-state index contributed by atoms with van der Waals surface area (Å²) in [5, 5.41) is 0. The smallest absolute Gasteiger partial charge is 0.314 e. The second kappa shape index (κ2) is 6.71. The van der Waals surface area contributed by atoms with Crippen LogP contribution in [0, 0.1) is 5.41 Å². The van der Waals surface area contributed by atoms with Crippen LogP contribution >= 0.6 is 0 Å². The lowest BCUT2D eigenvalue weighted by molar-refractivity contribution is -0.160. The predicted octanol–water partition coefficient (Wildman–Crippen LogP) is 3.33. The molecule has 1 fully saturated rings. The first-order chi connectivity index (χ1) is 9.27. The first-order valence-corrected chi connectivity index (χ1v) is 6.97. The van der Waals surface area contributed by atoms with E-state index < -0.39 is 5.41 Å². The number of ether oxygens (including phenoxy) is 2. The molecule has 0 atom stereocenters. The zero-order valence-electron chi connectivity index (χ0n) is 11.6. The van der Waals surface area contributed by atoms with Crippen LogP contribution in [-0.4, -0.2) is 19.7 Å². The molecule has 104 valence electrons. The molecule has 1 aliphatic carbocycles. The Morgan fingerprint density at radius 1 is 1.16 bits per heavy atom. The van der Waals surface area contributed by atoms with E-state index >= 15 is 0 Å². The molecule has 1 aromatic carbocycles. The first kappa shape index (κ1) is 14.1. The number of methoxy groups -OCH3 is 1. The number of hydrogen-bond donors (Lipinski definition) is 0. The highest BCUT2D eigenvalue weighted by Crippen LogP contribution is 2.37.